The zero-order valence-corrected chi connectivity index (χ0v) is 12.9. The van der Waals surface area contributed by atoms with E-state index in [4.69, 9.17) is 10.5 Å². The predicted molar refractivity (Wildman–Crippen MR) is 80.3 cm³/mol. The Morgan fingerprint density at radius 3 is 2.58 bits per heavy atom. The van der Waals surface area contributed by atoms with Crippen LogP contribution >= 0.6 is 0 Å². The Morgan fingerprint density at radius 2 is 2.00 bits per heavy atom. The molecule has 2 fully saturated rings. The minimum absolute atomic E-state index is 0.279. The van der Waals surface area contributed by atoms with Crippen LogP contribution in [0, 0.1) is 5.92 Å². The number of hydrogen-bond donors (Lipinski definition) is 1. The van der Waals surface area contributed by atoms with Gasteiger partial charge >= 0.3 is 0 Å². The molecule has 0 aromatic heterocycles. The number of hydrogen-bond acceptors (Lipinski definition) is 3. The lowest BCUT2D eigenvalue weighted by Gasteiger charge is -2.50. The van der Waals surface area contributed by atoms with Gasteiger partial charge in [-0.1, -0.05) is 26.7 Å². The van der Waals surface area contributed by atoms with E-state index in [0.717, 1.165) is 38.6 Å². The molecule has 0 radical (unpaired) electrons. The van der Waals surface area contributed by atoms with Crippen LogP contribution in [-0.2, 0) is 4.74 Å². The summed E-state index contributed by atoms with van der Waals surface area (Å²) in [5.74, 6) is 0.952. The van der Waals surface area contributed by atoms with E-state index in [1.807, 2.05) is 0 Å². The van der Waals surface area contributed by atoms with Crippen LogP contribution in [0.1, 0.15) is 58.8 Å². The van der Waals surface area contributed by atoms with Crippen LogP contribution in [0.5, 0.6) is 0 Å². The number of ether oxygens (including phenoxy) is 1. The maximum absolute atomic E-state index is 6.19. The highest BCUT2D eigenvalue weighted by molar-refractivity contribution is 4.97. The van der Waals surface area contributed by atoms with Crippen LogP contribution in [0.4, 0.5) is 0 Å². The van der Waals surface area contributed by atoms with Crippen molar-refractivity contribution in [2.24, 2.45) is 11.7 Å². The maximum Gasteiger partial charge on any atom is 0.0700 e. The van der Waals surface area contributed by atoms with Crippen LogP contribution in [0.25, 0.3) is 0 Å². The van der Waals surface area contributed by atoms with E-state index in [0.29, 0.717) is 6.10 Å². The zero-order valence-electron chi connectivity index (χ0n) is 12.9. The Kier molecular flexibility index (Phi) is 5.67. The molecule has 1 saturated carbocycles. The van der Waals surface area contributed by atoms with Gasteiger partial charge in [-0.2, -0.15) is 0 Å². The Morgan fingerprint density at radius 1 is 1.26 bits per heavy atom. The van der Waals surface area contributed by atoms with Crippen molar-refractivity contribution in [2.75, 3.05) is 26.2 Å². The van der Waals surface area contributed by atoms with Crippen LogP contribution in [-0.4, -0.2) is 42.8 Å². The highest BCUT2D eigenvalue weighted by Gasteiger charge is 2.40. The van der Waals surface area contributed by atoms with Crippen LogP contribution in [0.3, 0.4) is 0 Å². The van der Waals surface area contributed by atoms with Gasteiger partial charge < -0.3 is 10.5 Å². The van der Waals surface area contributed by atoms with E-state index in [1.54, 1.807) is 0 Å². The van der Waals surface area contributed by atoms with Gasteiger partial charge in [-0.25, -0.2) is 0 Å². The van der Waals surface area contributed by atoms with Crippen molar-refractivity contribution in [1.82, 2.24) is 4.90 Å². The molecule has 2 N–H and O–H groups in total. The molecular weight excluding hydrogens is 236 g/mol. The summed E-state index contributed by atoms with van der Waals surface area (Å²) >= 11 is 0. The van der Waals surface area contributed by atoms with Crippen molar-refractivity contribution < 1.29 is 4.74 Å². The molecule has 1 atom stereocenters. The van der Waals surface area contributed by atoms with E-state index >= 15 is 0 Å². The van der Waals surface area contributed by atoms with Crippen molar-refractivity contribution in [3.05, 3.63) is 0 Å². The summed E-state index contributed by atoms with van der Waals surface area (Å²) in [6, 6.07) is 0. The molecule has 3 heteroatoms. The van der Waals surface area contributed by atoms with Gasteiger partial charge in [0, 0.05) is 25.2 Å². The van der Waals surface area contributed by atoms with E-state index in [1.165, 1.54) is 38.5 Å². The average Bonchev–Trinajstić information content (AvgIpc) is 2.49. The van der Waals surface area contributed by atoms with Gasteiger partial charge in [0.15, 0.2) is 0 Å². The summed E-state index contributed by atoms with van der Waals surface area (Å²) in [4.78, 5) is 2.66. The van der Waals surface area contributed by atoms with Gasteiger partial charge in [0.25, 0.3) is 0 Å². The van der Waals surface area contributed by atoms with Crippen LogP contribution in [0.2, 0.25) is 0 Å². The molecule has 0 amide bonds. The quantitative estimate of drug-likeness (QED) is 0.833. The second-order valence-corrected chi connectivity index (χ2v) is 6.51. The Bertz CT molecular complexity index is 261. The summed E-state index contributed by atoms with van der Waals surface area (Å²) in [7, 11) is 0. The highest BCUT2D eigenvalue weighted by atomic mass is 16.5. The first-order valence-electron chi connectivity index (χ1n) is 8.30. The van der Waals surface area contributed by atoms with Crippen molar-refractivity contribution in [3.8, 4) is 0 Å². The minimum Gasteiger partial charge on any atom is -0.376 e. The monoisotopic (exact) mass is 268 g/mol. The Balaban J connectivity index is 1.95. The molecule has 0 bridgehead atoms. The first kappa shape index (κ1) is 15.3. The molecule has 0 aromatic carbocycles. The third-order valence-corrected chi connectivity index (χ3v) is 5.38. The van der Waals surface area contributed by atoms with Gasteiger partial charge in [-0.05, 0) is 38.0 Å². The fourth-order valence-corrected chi connectivity index (χ4v) is 3.96. The normalized spacial score (nSPS) is 37.4. The van der Waals surface area contributed by atoms with E-state index < -0.39 is 0 Å². The van der Waals surface area contributed by atoms with E-state index in [-0.39, 0.29) is 5.54 Å². The standard InChI is InChI=1S/C16H32N2O/c1-3-5-14-6-8-16(13-17,9-7-14)18-10-11-19-15(4-2)12-18/h14-15H,3-13,17H2,1-2H3. The van der Waals surface area contributed by atoms with Crippen molar-refractivity contribution >= 4 is 0 Å². The minimum atomic E-state index is 0.279. The van der Waals surface area contributed by atoms with Gasteiger partial charge in [0.2, 0.25) is 0 Å². The van der Waals surface area contributed by atoms with Crippen molar-refractivity contribution in [1.29, 1.82) is 0 Å². The molecule has 1 heterocycles. The van der Waals surface area contributed by atoms with E-state index in [9.17, 15) is 0 Å². The average molecular weight is 268 g/mol. The molecule has 1 aliphatic heterocycles. The number of rotatable bonds is 5. The van der Waals surface area contributed by atoms with Crippen molar-refractivity contribution in [2.45, 2.75) is 70.4 Å². The molecule has 2 rings (SSSR count). The fraction of sp³-hybridized carbons (Fsp3) is 1.00. The molecule has 1 aliphatic carbocycles. The smallest absolute Gasteiger partial charge is 0.0700 e. The first-order chi connectivity index (χ1) is 9.24. The van der Waals surface area contributed by atoms with Crippen LogP contribution in [0.15, 0.2) is 0 Å². The lowest BCUT2D eigenvalue weighted by Crippen LogP contribution is -2.60. The third kappa shape index (κ3) is 3.50. The second-order valence-electron chi connectivity index (χ2n) is 6.51. The summed E-state index contributed by atoms with van der Waals surface area (Å²) < 4.78 is 5.81. The Hall–Kier alpha value is -0.120. The fourth-order valence-electron chi connectivity index (χ4n) is 3.96. The largest absolute Gasteiger partial charge is 0.376 e. The van der Waals surface area contributed by atoms with Gasteiger partial charge in [0.1, 0.15) is 0 Å². The predicted octanol–water partition coefficient (Wildman–Crippen LogP) is 2.79. The molecule has 1 unspecified atom stereocenters. The number of nitrogens with two attached hydrogens (primary N) is 1. The van der Waals surface area contributed by atoms with Gasteiger partial charge in [-0.15, -0.1) is 0 Å². The lowest BCUT2D eigenvalue weighted by atomic mass is 9.74. The SMILES string of the molecule is CCCC1CCC(CN)(N2CCOC(CC)C2)CC1. The maximum atomic E-state index is 6.19. The molecule has 0 spiro atoms. The summed E-state index contributed by atoms with van der Waals surface area (Å²) in [5.41, 5.74) is 6.47. The third-order valence-electron chi connectivity index (χ3n) is 5.38. The molecule has 19 heavy (non-hydrogen) atoms. The molecule has 0 aromatic rings. The highest BCUT2D eigenvalue weighted by Crippen LogP contribution is 2.38. The Labute approximate surface area is 118 Å². The second kappa shape index (κ2) is 7.05. The van der Waals surface area contributed by atoms with Crippen LogP contribution < -0.4 is 5.73 Å². The topological polar surface area (TPSA) is 38.5 Å². The molecule has 112 valence electrons. The van der Waals surface area contributed by atoms with Crippen molar-refractivity contribution in [3.63, 3.8) is 0 Å². The molecular formula is C16H32N2O. The van der Waals surface area contributed by atoms with E-state index in [2.05, 4.69) is 18.7 Å². The van der Waals surface area contributed by atoms with Gasteiger partial charge in [-0.3, -0.25) is 4.90 Å². The lowest BCUT2D eigenvalue weighted by molar-refractivity contribution is -0.0813. The summed E-state index contributed by atoms with van der Waals surface area (Å²) in [6.07, 6.45) is 9.62. The number of nitrogens with zero attached hydrogens (tertiary/aromatic N) is 1. The zero-order chi connectivity index (χ0) is 13.7. The first-order valence-corrected chi connectivity index (χ1v) is 8.30. The summed E-state index contributed by atoms with van der Waals surface area (Å²) in [6.45, 7) is 8.40. The van der Waals surface area contributed by atoms with Gasteiger partial charge in [0.05, 0.1) is 12.7 Å². The number of morpholine rings is 1. The molecule has 3 nitrogen and oxygen atoms in total. The summed E-state index contributed by atoms with van der Waals surface area (Å²) in [5, 5.41) is 0. The molecule has 2 aliphatic rings. The molecule has 1 saturated heterocycles.